The summed E-state index contributed by atoms with van der Waals surface area (Å²) in [6.07, 6.45) is 3.64. The molecule has 0 bridgehead atoms. The number of hydrogen-bond donors (Lipinski definition) is 1. The number of rotatable bonds is 2. The Labute approximate surface area is 106 Å². The Kier molecular flexibility index (Phi) is 2.73. The molecule has 0 amide bonds. The van der Waals surface area contributed by atoms with E-state index in [2.05, 4.69) is 0 Å². The van der Waals surface area contributed by atoms with Crippen LogP contribution in [0, 0.1) is 0 Å². The van der Waals surface area contributed by atoms with E-state index < -0.39 is 5.79 Å². The summed E-state index contributed by atoms with van der Waals surface area (Å²) in [4.78, 5) is 0. The van der Waals surface area contributed by atoms with E-state index in [9.17, 15) is 5.11 Å². The largest absolute Gasteiger partial charge is 0.492 e. The summed E-state index contributed by atoms with van der Waals surface area (Å²) < 4.78 is 10.8. The molecule has 1 heterocycles. The first-order chi connectivity index (χ1) is 8.74. The van der Waals surface area contributed by atoms with Crippen molar-refractivity contribution < 1.29 is 14.6 Å². The van der Waals surface area contributed by atoms with Gasteiger partial charge in [0.05, 0.1) is 6.61 Å². The Hall–Kier alpha value is -1.58. The average Bonchev–Trinajstić information content (AvgIpc) is 2.75. The highest BCUT2D eigenvalue weighted by molar-refractivity contribution is 5.84. The molecule has 1 aromatic carbocycles. The number of benzene rings is 1. The molecule has 1 unspecified atom stereocenters. The second-order valence-corrected chi connectivity index (χ2v) is 4.58. The van der Waals surface area contributed by atoms with Gasteiger partial charge in [0.2, 0.25) is 5.79 Å². The molecule has 94 valence electrons. The van der Waals surface area contributed by atoms with Gasteiger partial charge in [0.1, 0.15) is 0 Å². The molecule has 1 aliphatic heterocycles. The summed E-state index contributed by atoms with van der Waals surface area (Å²) in [6, 6.07) is 10.0. The van der Waals surface area contributed by atoms with Crippen LogP contribution in [0.4, 0.5) is 0 Å². The molecule has 0 radical (unpaired) electrons. The summed E-state index contributed by atoms with van der Waals surface area (Å²) >= 11 is 0. The first kappa shape index (κ1) is 11.5. The topological polar surface area (TPSA) is 38.7 Å². The molecule has 0 saturated carbocycles. The highest BCUT2D eigenvalue weighted by atomic mass is 16.6. The van der Waals surface area contributed by atoms with Crippen LogP contribution in [-0.4, -0.2) is 24.6 Å². The number of ether oxygens (including phenoxy) is 2. The zero-order chi connectivity index (χ0) is 12.6. The Balaban J connectivity index is 2.10. The zero-order valence-electron chi connectivity index (χ0n) is 10.3. The van der Waals surface area contributed by atoms with Crippen LogP contribution in [0.15, 0.2) is 47.7 Å². The fraction of sp³-hybridized carbons (Fsp3) is 0.333. The van der Waals surface area contributed by atoms with Crippen LogP contribution >= 0.6 is 0 Å². The first-order valence-corrected chi connectivity index (χ1v) is 6.17. The van der Waals surface area contributed by atoms with Crippen LogP contribution in [0.5, 0.6) is 0 Å². The van der Waals surface area contributed by atoms with E-state index in [0.29, 0.717) is 12.4 Å². The summed E-state index contributed by atoms with van der Waals surface area (Å²) in [5.74, 6) is -0.837. The molecule has 3 nitrogen and oxygen atoms in total. The van der Waals surface area contributed by atoms with Crippen molar-refractivity contribution in [2.75, 3.05) is 13.7 Å². The van der Waals surface area contributed by atoms with E-state index >= 15 is 0 Å². The van der Waals surface area contributed by atoms with Crippen molar-refractivity contribution >= 4 is 5.57 Å². The summed E-state index contributed by atoms with van der Waals surface area (Å²) in [5, 5.41) is 10.4. The van der Waals surface area contributed by atoms with E-state index in [4.69, 9.17) is 9.47 Å². The lowest BCUT2D eigenvalue weighted by molar-refractivity contribution is -0.145. The maximum Gasteiger partial charge on any atom is 0.246 e. The van der Waals surface area contributed by atoms with Crippen molar-refractivity contribution in [3.63, 3.8) is 0 Å². The van der Waals surface area contributed by atoms with Gasteiger partial charge in [0, 0.05) is 12.7 Å². The maximum atomic E-state index is 10.4. The average molecular weight is 244 g/mol. The van der Waals surface area contributed by atoms with Crippen LogP contribution in [-0.2, 0) is 9.47 Å². The molecule has 0 fully saturated rings. The van der Waals surface area contributed by atoms with Crippen molar-refractivity contribution in [3.05, 3.63) is 53.3 Å². The molecule has 0 spiro atoms. The second-order valence-electron chi connectivity index (χ2n) is 4.58. The predicted octanol–water partition coefficient (Wildman–Crippen LogP) is 2.48. The molecule has 3 rings (SSSR count). The third-order valence-corrected chi connectivity index (χ3v) is 3.48. The Morgan fingerprint density at radius 3 is 2.78 bits per heavy atom. The SMILES string of the molecule is COC1(O)C=C(c2ccccc2)C2=C1OCCC2. The molecule has 1 aliphatic carbocycles. The lowest BCUT2D eigenvalue weighted by Crippen LogP contribution is -2.31. The maximum absolute atomic E-state index is 10.4. The molecular formula is C15H16O3. The molecule has 2 aliphatic rings. The third-order valence-electron chi connectivity index (χ3n) is 3.48. The summed E-state index contributed by atoms with van der Waals surface area (Å²) in [7, 11) is 1.49. The van der Waals surface area contributed by atoms with Gasteiger partial charge < -0.3 is 14.6 Å². The van der Waals surface area contributed by atoms with Gasteiger partial charge in [-0.25, -0.2) is 0 Å². The van der Waals surface area contributed by atoms with Crippen LogP contribution < -0.4 is 0 Å². The van der Waals surface area contributed by atoms with E-state index in [0.717, 1.165) is 29.6 Å². The van der Waals surface area contributed by atoms with E-state index in [1.54, 1.807) is 6.08 Å². The smallest absolute Gasteiger partial charge is 0.246 e. The minimum absolute atomic E-state index is 0.565. The highest BCUT2D eigenvalue weighted by Gasteiger charge is 2.42. The molecule has 1 N–H and O–H groups in total. The van der Waals surface area contributed by atoms with Gasteiger partial charge in [0.25, 0.3) is 0 Å². The molecule has 1 atom stereocenters. The third kappa shape index (κ3) is 1.67. The van der Waals surface area contributed by atoms with Gasteiger partial charge in [-0.05, 0) is 30.1 Å². The Morgan fingerprint density at radius 1 is 1.28 bits per heavy atom. The highest BCUT2D eigenvalue weighted by Crippen LogP contribution is 2.44. The van der Waals surface area contributed by atoms with Crippen LogP contribution in [0.3, 0.4) is 0 Å². The van der Waals surface area contributed by atoms with Gasteiger partial charge >= 0.3 is 0 Å². The van der Waals surface area contributed by atoms with Gasteiger partial charge in [-0.3, -0.25) is 0 Å². The molecule has 3 heteroatoms. The fourth-order valence-electron chi connectivity index (χ4n) is 2.58. The molecule has 0 saturated heterocycles. The van der Waals surface area contributed by atoms with Crippen molar-refractivity contribution in [2.24, 2.45) is 0 Å². The van der Waals surface area contributed by atoms with E-state index in [1.807, 2.05) is 30.3 Å². The number of methoxy groups -OCH3 is 1. The molecular weight excluding hydrogens is 228 g/mol. The number of aliphatic hydroxyl groups is 1. The lowest BCUT2D eigenvalue weighted by atomic mass is 9.96. The Bertz CT molecular complexity index is 516. The van der Waals surface area contributed by atoms with Crippen molar-refractivity contribution in [3.8, 4) is 0 Å². The first-order valence-electron chi connectivity index (χ1n) is 6.17. The fourth-order valence-corrected chi connectivity index (χ4v) is 2.58. The standard InChI is InChI=1S/C15H16O3/c1-17-15(16)10-13(11-6-3-2-4-7-11)12-8-5-9-18-14(12)15/h2-4,6-7,10,16H,5,8-9H2,1H3. The minimum atomic E-state index is -1.40. The van der Waals surface area contributed by atoms with Crippen molar-refractivity contribution in [1.82, 2.24) is 0 Å². The van der Waals surface area contributed by atoms with Crippen LogP contribution in [0.1, 0.15) is 18.4 Å². The number of allylic oxidation sites excluding steroid dienone is 2. The number of hydrogen-bond acceptors (Lipinski definition) is 3. The van der Waals surface area contributed by atoms with E-state index in [-0.39, 0.29) is 0 Å². The van der Waals surface area contributed by atoms with Gasteiger partial charge in [-0.1, -0.05) is 30.3 Å². The normalized spacial score (nSPS) is 26.7. The summed E-state index contributed by atoms with van der Waals surface area (Å²) in [6.45, 7) is 0.639. The predicted molar refractivity (Wildman–Crippen MR) is 68.6 cm³/mol. The van der Waals surface area contributed by atoms with Gasteiger partial charge in [-0.15, -0.1) is 0 Å². The molecule has 1 aromatic rings. The lowest BCUT2D eigenvalue weighted by Gasteiger charge is -2.26. The Morgan fingerprint density at radius 2 is 2.06 bits per heavy atom. The van der Waals surface area contributed by atoms with Crippen LogP contribution in [0.2, 0.25) is 0 Å². The van der Waals surface area contributed by atoms with E-state index in [1.165, 1.54) is 7.11 Å². The minimum Gasteiger partial charge on any atom is -0.492 e. The zero-order valence-corrected chi connectivity index (χ0v) is 10.3. The van der Waals surface area contributed by atoms with Gasteiger partial charge in [-0.2, -0.15) is 0 Å². The van der Waals surface area contributed by atoms with Gasteiger partial charge in [0.15, 0.2) is 5.76 Å². The molecule has 0 aromatic heterocycles. The molecule has 18 heavy (non-hydrogen) atoms. The quantitative estimate of drug-likeness (QED) is 0.812. The van der Waals surface area contributed by atoms with Crippen LogP contribution in [0.25, 0.3) is 5.57 Å². The monoisotopic (exact) mass is 244 g/mol. The van der Waals surface area contributed by atoms with Crippen molar-refractivity contribution in [2.45, 2.75) is 18.6 Å². The summed E-state index contributed by atoms with van der Waals surface area (Å²) in [5.41, 5.74) is 3.18. The second kappa shape index (κ2) is 4.26. The van der Waals surface area contributed by atoms with Crippen molar-refractivity contribution in [1.29, 1.82) is 0 Å².